The fourth-order valence-corrected chi connectivity index (χ4v) is 6.37. The summed E-state index contributed by atoms with van der Waals surface area (Å²) in [6.07, 6.45) is 4.90. The number of nitrogens with one attached hydrogen (secondary N) is 2. The highest BCUT2D eigenvalue weighted by atomic mass is 32.1. The second-order valence-corrected chi connectivity index (χ2v) is 10.2. The minimum atomic E-state index is -0.339. The van der Waals surface area contributed by atoms with E-state index in [1.165, 1.54) is 17.0 Å². The van der Waals surface area contributed by atoms with Gasteiger partial charge in [-0.15, -0.1) is 11.3 Å². The Kier molecular flexibility index (Phi) is 5.46. The second-order valence-electron chi connectivity index (χ2n) is 9.14. The van der Waals surface area contributed by atoms with E-state index in [-0.39, 0.29) is 17.3 Å². The number of benzene rings is 2. The molecule has 0 aliphatic carbocycles. The summed E-state index contributed by atoms with van der Waals surface area (Å²) in [6, 6.07) is 16.4. The lowest BCUT2D eigenvalue weighted by Crippen LogP contribution is -2.42. The summed E-state index contributed by atoms with van der Waals surface area (Å²) in [5.74, 6) is -0.253. The van der Waals surface area contributed by atoms with Crippen molar-refractivity contribution in [2.24, 2.45) is 18.5 Å². The normalized spacial score (nSPS) is 18.3. The van der Waals surface area contributed by atoms with Crippen LogP contribution < -0.4 is 16.8 Å². The Morgan fingerprint density at radius 1 is 1.21 bits per heavy atom. The second kappa shape index (κ2) is 8.32. The minimum absolute atomic E-state index is 0.0605. The van der Waals surface area contributed by atoms with Gasteiger partial charge in [0.05, 0.1) is 4.88 Å². The maximum atomic E-state index is 12.3. The number of nitrogen functional groups attached to an aromatic ring is 1. The molecule has 0 bridgehead atoms. The van der Waals surface area contributed by atoms with E-state index >= 15 is 0 Å². The van der Waals surface area contributed by atoms with Gasteiger partial charge in [0.15, 0.2) is 0 Å². The summed E-state index contributed by atoms with van der Waals surface area (Å²) < 4.78 is 3.32. The van der Waals surface area contributed by atoms with Gasteiger partial charge in [-0.1, -0.05) is 30.3 Å². The van der Waals surface area contributed by atoms with E-state index in [1.807, 2.05) is 30.3 Å². The molecule has 33 heavy (non-hydrogen) atoms. The third-order valence-electron chi connectivity index (χ3n) is 7.08. The highest BCUT2D eigenvalue weighted by Crippen LogP contribution is 2.37. The van der Waals surface area contributed by atoms with E-state index in [2.05, 4.69) is 35.1 Å². The highest BCUT2D eigenvalue weighted by Gasteiger charge is 2.35. The van der Waals surface area contributed by atoms with Crippen molar-refractivity contribution < 1.29 is 4.79 Å². The number of nitrogens with two attached hydrogens (primary N) is 2. The van der Waals surface area contributed by atoms with Crippen LogP contribution in [0.4, 0.5) is 0 Å². The number of rotatable bonds is 7. The Morgan fingerprint density at radius 2 is 2.03 bits per heavy atom. The number of hydrogen-bond acceptors (Lipinski definition) is 4. The molecular formula is C26H29N5OS. The first kappa shape index (κ1) is 21.7. The Balaban J connectivity index is 1.45. The SMILES string of the molecule is Cn1c(CC[C@@]2(Cc3c(C(N)=O)sc4ccccc34)CCCN2)cc2ccc(C(=N)N)cc21. The Labute approximate surface area is 197 Å². The third-order valence-corrected chi connectivity index (χ3v) is 8.31. The summed E-state index contributed by atoms with van der Waals surface area (Å²) in [5.41, 5.74) is 15.6. The van der Waals surface area contributed by atoms with Crippen LogP contribution in [-0.2, 0) is 19.9 Å². The zero-order valence-electron chi connectivity index (χ0n) is 18.8. The zero-order valence-corrected chi connectivity index (χ0v) is 19.6. The molecule has 1 fully saturated rings. The van der Waals surface area contributed by atoms with Crippen molar-refractivity contribution in [3.05, 3.63) is 70.2 Å². The van der Waals surface area contributed by atoms with E-state index in [9.17, 15) is 4.79 Å². The predicted octanol–water partition coefficient (Wildman–Crippen LogP) is 4.07. The van der Waals surface area contributed by atoms with Gasteiger partial charge in [0.1, 0.15) is 5.84 Å². The summed E-state index contributed by atoms with van der Waals surface area (Å²) in [7, 11) is 2.08. The van der Waals surface area contributed by atoms with Gasteiger partial charge in [-0.3, -0.25) is 10.2 Å². The summed E-state index contributed by atoms with van der Waals surface area (Å²) in [5, 5.41) is 13.8. The van der Waals surface area contributed by atoms with Gasteiger partial charge >= 0.3 is 0 Å². The van der Waals surface area contributed by atoms with E-state index in [1.54, 1.807) is 0 Å². The molecule has 6 nitrogen and oxygen atoms in total. The third kappa shape index (κ3) is 3.92. The molecule has 6 N–H and O–H groups in total. The maximum absolute atomic E-state index is 12.3. The number of carbonyl (C=O) groups is 1. The van der Waals surface area contributed by atoms with Gasteiger partial charge in [-0.25, -0.2) is 0 Å². The number of aryl methyl sites for hydroxylation is 2. The molecule has 0 unspecified atom stereocenters. The van der Waals surface area contributed by atoms with E-state index in [4.69, 9.17) is 16.9 Å². The lowest BCUT2D eigenvalue weighted by Gasteiger charge is -2.30. The molecule has 1 atom stereocenters. The first-order valence-electron chi connectivity index (χ1n) is 11.3. The molecule has 5 rings (SSSR count). The molecule has 1 saturated heterocycles. The van der Waals surface area contributed by atoms with Gasteiger partial charge in [0.25, 0.3) is 5.91 Å². The van der Waals surface area contributed by atoms with E-state index in [0.29, 0.717) is 4.88 Å². The monoisotopic (exact) mass is 459 g/mol. The molecule has 2 aromatic carbocycles. The number of primary amides is 1. The van der Waals surface area contributed by atoms with Crippen LogP contribution in [-0.4, -0.2) is 28.4 Å². The fourth-order valence-electron chi connectivity index (χ4n) is 5.30. The number of hydrogen-bond donors (Lipinski definition) is 4. The van der Waals surface area contributed by atoms with Gasteiger partial charge < -0.3 is 21.4 Å². The molecule has 170 valence electrons. The van der Waals surface area contributed by atoms with Crippen LogP contribution in [0.15, 0.2) is 48.5 Å². The van der Waals surface area contributed by atoms with Crippen LogP contribution in [0.2, 0.25) is 0 Å². The Bertz CT molecular complexity index is 1380. The summed E-state index contributed by atoms with van der Waals surface area (Å²) >= 11 is 1.50. The smallest absolute Gasteiger partial charge is 0.259 e. The van der Waals surface area contributed by atoms with Crippen molar-refractivity contribution in [1.29, 1.82) is 5.41 Å². The quantitative estimate of drug-likeness (QED) is 0.247. The van der Waals surface area contributed by atoms with Gasteiger partial charge in [-0.2, -0.15) is 0 Å². The largest absolute Gasteiger partial charge is 0.384 e. The van der Waals surface area contributed by atoms with Crippen LogP contribution in [0.3, 0.4) is 0 Å². The molecule has 4 aromatic rings. The van der Waals surface area contributed by atoms with Crippen molar-refractivity contribution in [3.63, 3.8) is 0 Å². The van der Waals surface area contributed by atoms with Crippen LogP contribution in [0.1, 0.15) is 45.8 Å². The average molecular weight is 460 g/mol. The molecule has 1 aliphatic heterocycles. The fraction of sp³-hybridized carbons (Fsp3) is 0.308. The number of aromatic nitrogens is 1. The van der Waals surface area contributed by atoms with Crippen LogP contribution >= 0.6 is 11.3 Å². The number of fused-ring (bicyclic) bond motifs is 2. The first-order valence-corrected chi connectivity index (χ1v) is 12.2. The maximum Gasteiger partial charge on any atom is 0.259 e. The van der Waals surface area contributed by atoms with Crippen molar-refractivity contribution in [3.8, 4) is 0 Å². The predicted molar refractivity (Wildman–Crippen MR) is 136 cm³/mol. The molecule has 3 heterocycles. The van der Waals surface area contributed by atoms with E-state index < -0.39 is 0 Å². The number of carbonyl (C=O) groups excluding carboxylic acids is 1. The summed E-state index contributed by atoms with van der Waals surface area (Å²) in [4.78, 5) is 12.9. The van der Waals surface area contributed by atoms with Crippen molar-refractivity contribution in [2.75, 3.05) is 6.54 Å². The van der Waals surface area contributed by atoms with Crippen LogP contribution in [0.5, 0.6) is 0 Å². The highest BCUT2D eigenvalue weighted by molar-refractivity contribution is 7.21. The van der Waals surface area contributed by atoms with Crippen molar-refractivity contribution in [2.45, 2.75) is 37.6 Å². The Morgan fingerprint density at radius 3 is 2.76 bits per heavy atom. The number of amidine groups is 1. The van der Waals surface area contributed by atoms with Gasteiger partial charge in [-0.05, 0) is 73.2 Å². The standard InChI is InChI=1S/C26H29N5OS/c1-31-18(13-16-7-8-17(24(27)28)14-21(16)31)9-11-26(10-4-12-30-26)15-20-19-5-2-3-6-22(19)33-23(20)25(29)32/h2-3,5-8,13-14,30H,4,9-12,15H2,1H3,(H3,27,28)(H2,29,32)/t26-/m1/s1. The number of thiophene rings is 1. The number of amides is 1. The topological polar surface area (TPSA) is 110 Å². The minimum Gasteiger partial charge on any atom is -0.384 e. The molecule has 1 aliphatic rings. The molecule has 7 heteroatoms. The summed E-state index contributed by atoms with van der Waals surface area (Å²) in [6.45, 7) is 0.991. The molecule has 2 aromatic heterocycles. The Hall–Kier alpha value is -3.16. The zero-order chi connectivity index (χ0) is 23.2. The molecule has 1 amide bonds. The molecule has 0 spiro atoms. The van der Waals surface area contributed by atoms with Gasteiger partial charge in [0, 0.05) is 34.1 Å². The van der Waals surface area contributed by atoms with E-state index in [0.717, 1.165) is 70.8 Å². The van der Waals surface area contributed by atoms with Crippen LogP contribution in [0, 0.1) is 5.41 Å². The lowest BCUT2D eigenvalue weighted by atomic mass is 9.83. The van der Waals surface area contributed by atoms with Crippen molar-refractivity contribution in [1.82, 2.24) is 9.88 Å². The molecule has 0 saturated carbocycles. The van der Waals surface area contributed by atoms with Crippen LogP contribution in [0.25, 0.3) is 21.0 Å². The first-order chi connectivity index (χ1) is 15.9. The lowest BCUT2D eigenvalue weighted by molar-refractivity contribution is 0.100. The molecular weight excluding hydrogens is 430 g/mol. The molecule has 0 radical (unpaired) electrons. The number of nitrogens with zero attached hydrogens (tertiary/aromatic N) is 1. The van der Waals surface area contributed by atoms with Crippen molar-refractivity contribution >= 4 is 44.1 Å². The average Bonchev–Trinajstić information content (AvgIpc) is 3.49. The van der Waals surface area contributed by atoms with Gasteiger partial charge in [0.2, 0.25) is 0 Å².